The Kier molecular flexibility index (Phi) is 6.72. The van der Waals surface area contributed by atoms with Crippen LogP contribution in [-0.2, 0) is 10.0 Å². The second-order valence-corrected chi connectivity index (χ2v) is 10.2. The molecular weight excluding hydrogens is 476 g/mol. The Morgan fingerprint density at radius 3 is 2.44 bits per heavy atom. The van der Waals surface area contributed by atoms with Crippen molar-refractivity contribution in [1.29, 1.82) is 0 Å². The van der Waals surface area contributed by atoms with Crippen LogP contribution in [0.4, 0.5) is 5.69 Å². The minimum atomic E-state index is -4.02. The molecule has 3 aromatic carbocycles. The molecule has 9 heteroatoms. The van der Waals surface area contributed by atoms with Gasteiger partial charge in [-0.25, -0.2) is 8.42 Å². The first-order valence-corrected chi connectivity index (χ1v) is 12.6. The largest absolute Gasteiger partial charge is 0.486 e. The molecule has 34 heavy (non-hydrogen) atoms. The summed E-state index contributed by atoms with van der Waals surface area (Å²) in [5.74, 6) is 0.863. The summed E-state index contributed by atoms with van der Waals surface area (Å²) in [5.41, 5.74) is 3.25. The molecule has 0 unspecified atom stereocenters. The van der Waals surface area contributed by atoms with Crippen molar-refractivity contribution < 1.29 is 22.7 Å². The number of rotatable bonds is 6. The molecule has 0 saturated carbocycles. The molecule has 0 aromatic heterocycles. The fraction of sp³-hybridized carbons (Fsp3) is 0.240. The Hall–Kier alpha value is -3.23. The molecule has 1 heterocycles. The van der Waals surface area contributed by atoms with E-state index < -0.39 is 15.9 Å². The molecule has 1 aliphatic rings. The minimum Gasteiger partial charge on any atom is -0.486 e. The maximum atomic E-state index is 13.1. The number of nitrogens with one attached hydrogen (secondary N) is 2. The first-order chi connectivity index (χ1) is 16.1. The second kappa shape index (κ2) is 9.56. The summed E-state index contributed by atoms with van der Waals surface area (Å²) in [5, 5.41) is 2.91. The Morgan fingerprint density at radius 2 is 1.71 bits per heavy atom. The second-order valence-electron chi connectivity index (χ2n) is 8.17. The molecule has 2 N–H and O–H groups in total. The van der Waals surface area contributed by atoms with E-state index in [1.807, 2.05) is 45.0 Å². The van der Waals surface area contributed by atoms with Crippen LogP contribution in [-0.4, -0.2) is 27.5 Å². The number of ether oxygens (including phenoxy) is 2. The van der Waals surface area contributed by atoms with Crippen molar-refractivity contribution in [2.45, 2.75) is 31.7 Å². The number of carbonyl (C=O) groups excluding carboxylic acids is 1. The molecule has 0 radical (unpaired) electrons. The lowest BCUT2D eigenvalue weighted by molar-refractivity contribution is 0.0939. The number of anilines is 1. The van der Waals surface area contributed by atoms with Gasteiger partial charge in [-0.15, -0.1) is 0 Å². The lowest BCUT2D eigenvalue weighted by atomic mass is 10.1. The van der Waals surface area contributed by atoms with Gasteiger partial charge in [0.25, 0.3) is 15.9 Å². The van der Waals surface area contributed by atoms with Gasteiger partial charge in [0.2, 0.25) is 0 Å². The predicted octanol–water partition coefficient (Wildman–Crippen LogP) is 5.02. The average molecular weight is 501 g/mol. The van der Waals surface area contributed by atoms with Gasteiger partial charge in [0.15, 0.2) is 11.5 Å². The topological polar surface area (TPSA) is 93.7 Å². The number of benzene rings is 3. The Bertz CT molecular complexity index is 1360. The minimum absolute atomic E-state index is 0.0219. The third kappa shape index (κ3) is 5.13. The zero-order chi connectivity index (χ0) is 24.5. The fourth-order valence-electron chi connectivity index (χ4n) is 3.67. The van der Waals surface area contributed by atoms with Gasteiger partial charge in [-0.05, 0) is 68.3 Å². The number of amides is 1. The van der Waals surface area contributed by atoms with Crippen LogP contribution in [0.15, 0.2) is 59.5 Å². The maximum Gasteiger partial charge on any atom is 0.263 e. The zero-order valence-corrected chi connectivity index (χ0v) is 20.6. The summed E-state index contributed by atoms with van der Waals surface area (Å²) < 4.78 is 39.8. The van der Waals surface area contributed by atoms with E-state index in [4.69, 9.17) is 21.1 Å². The number of aryl methyl sites for hydroxylation is 2. The van der Waals surface area contributed by atoms with E-state index in [1.54, 1.807) is 12.1 Å². The van der Waals surface area contributed by atoms with Gasteiger partial charge >= 0.3 is 0 Å². The molecular formula is C25H25ClN2O5S. The monoisotopic (exact) mass is 500 g/mol. The van der Waals surface area contributed by atoms with Crippen molar-refractivity contribution in [2.24, 2.45) is 0 Å². The van der Waals surface area contributed by atoms with Crippen molar-refractivity contribution in [2.75, 3.05) is 17.9 Å². The number of halogens is 1. The van der Waals surface area contributed by atoms with Crippen LogP contribution in [0.25, 0.3) is 0 Å². The normalized spacial score (nSPS) is 13.8. The van der Waals surface area contributed by atoms with E-state index in [9.17, 15) is 13.2 Å². The van der Waals surface area contributed by atoms with Crippen LogP contribution in [0.5, 0.6) is 11.5 Å². The predicted molar refractivity (Wildman–Crippen MR) is 131 cm³/mol. The molecule has 0 saturated heterocycles. The summed E-state index contributed by atoms with van der Waals surface area (Å²) in [6.45, 7) is 6.54. The van der Waals surface area contributed by atoms with E-state index >= 15 is 0 Å². The summed E-state index contributed by atoms with van der Waals surface area (Å²) in [6.07, 6.45) is 0. The Balaban J connectivity index is 1.54. The number of sulfonamides is 1. The number of fused-ring (bicyclic) bond motifs is 1. The first kappa shape index (κ1) is 23.9. The highest BCUT2D eigenvalue weighted by Crippen LogP contribution is 2.33. The first-order valence-electron chi connectivity index (χ1n) is 10.7. The van der Waals surface area contributed by atoms with E-state index in [-0.39, 0.29) is 21.5 Å². The van der Waals surface area contributed by atoms with Crippen molar-refractivity contribution in [3.05, 3.63) is 81.9 Å². The summed E-state index contributed by atoms with van der Waals surface area (Å²) >= 11 is 6.21. The van der Waals surface area contributed by atoms with Crippen molar-refractivity contribution in [3.63, 3.8) is 0 Å². The van der Waals surface area contributed by atoms with Crippen molar-refractivity contribution >= 4 is 33.2 Å². The molecule has 178 valence electrons. The van der Waals surface area contributed by atoms with E-state index in [0.717, 1.165) is 16.7 Å². The SMILES string of the molecule is Cc1ccc(NS(=O)(=O)c2cc(C(=O)N[C@@H](C)c3ccc4c(c3)OCCO4)ccc2Cl)c(C)c1. The number of hydrogen-bond acceptors (Lipinski definition) is 5. The van der Waals surface area contributed by atoms with Crippen LogP contribution < -0.4 is 19.5 Å². The van der Waals surface area contributed by atoms with Crippen LogP contribution in [0, 0.1) is 13.8 Å². The molecule has 1 aliphatic heterocycles. The van der Waals surface area contributed by atoms with Gasteiger partial charge in [0, 0.05) is 5.56 Å². The molecule has 0 spiro atoms. The van der Waals surface area contributed by atoms with Gasteiger partial charge in [0.1, 0.15) is 18.1 Å². The van der Waals surface area contributed by atoms with Crippen molar-refractivity contribution in [3.8, 4) is 11.5 Å². The number of carbonyl (C=O) groups is 1. The highest BCUT2D eigenvalue weighted by atomic mass is 35.5. The third-order valence-electron chi connectivity index (χ3n) is 5.52. The standard InChI is InChI=1S/C25H25ClN2O5S/c1-15-4-8-21(16(2)12-15)28-34(30,31)24-14-19(5-7-20(24)26)25(29)27-17(3)18-6-9-22-23(13-18)33-11-10-32-22/h4-9,12-14,17,28H,10-11H2,1-3H3,(H,27,29)/t17-/m0/s1. The molecule has 4 rings (SSSR count). The molecule has 0 aliphatic carbocycles. The molecule has 0 fully saturated rings. The van der Waals surface area contributed by atoms with Crippen LogP contribution in [0.3, 0.4) is 0 Å². The van der Waals surface area contributed by atoms with Crippen LogP contribution in [0.2, 0.25) is 5.02 Å². The fourth-order valence-corrected chi connectivity index (χ4v) is 5.33. The summed E-state index contributed by atoms with van der Waals surface area (Å²) in [7, 11) is -4.02. The van der Waals surface area contributed by atoms with Crippen LogP contribution >= 0.6 is 11.6 Å². The Morgan fingerprint density at radius 1 is 0.971 bits per heavy atom. The van der Waals surface area contributed by atoms with Crippen molar-refractivity contribution in [1.82, 2.24) is 5.32 Å². The van der Waals surface area contributed by atoms with E-state index in [2.05, 4.69) is 10.0 Å². The van der Waals surface area contributed by atoms with Crippen LogP contribution in [0.1, 0.15) is 40.0 Å². The van der Waals surface area contributed by atoms with Gasteiger partial charge < -0.3 is 14.8 Å². The lowest BCUT2D eigenvalue weighted by Crippen LogP contribution is -2.27. The quantitative estimate of drug-likeness (QED) is 0.495. The summed E-state index contributed by atoms with van der Waals surface area (Å²) in [6, 6.07) is 14.7. The molecule has 3 aromatic rings. The van der Waals surface area contributed by atoms with Gasteiger partial charge in [-0.1, -0.05) is 35.4 Å². The van der Waals surface area contributed by atoms with Gasteiger partial charge in [-0.3, -0.25) is 9.52 Å². The highest BCUT2D eigenvalue weighted by molar-refractivity contribution is 7.92. The molecule has 1 amide bonds. The molecule has 0 bridgehead atoms. The van der Waals surface area contributed by atoms with Gasteiger partial charge in [0.05, 0.1) is 16.8 Å². The van der Waals surface area contributed by atoms with Gasteiger partial charge in [-0.2, -0.15) is 0 Å². The third-order valence-corrected chi connectivity index (χ3v) is 7.37. The van der Waals surface area contributed by atoms with E-state index in [0.29, 0.717) is 30.4 Å². The Labute approximate surface area is 204 Å². The maximum absolute atomic E-state index is 13.1. The summed E-state index contributed by atoms with van der Waals surface area (Å²) in [4.78, 5) is 12.8. The number of hydrogen-bond donors (Lipinski definition) is 2. The lowest BCUT2D eigenvalue weighted by Gasteiger charge is -2.21. The molecule has 1 atom stereocenters. The average Bonchev–Trinajstić information content (AvgIpc) is 2.80. The highest BCUT2D eigenvalue weighted by Gasteiger charge is 2.22. The molecule has 7 nitrogen and oxygen atoms in total. The smallest absolute Gasteiger partial charge is 0.263 e. The zero-order valence-electron chi connectivity index (χ0n) is 19.0. The van der Waals surface area contributed by atoms with E-state index in [1.165, 1.54) is 18.2 Å².